The minimum absolute atomic E-state index is 0.0690. The molecule has 19 heavy (non-hydrogen) atoms. The van der Waals surface area contributed by atoms with Crippen molar-refractivity contribution in [3.8, 4) is 0 Å². The molecule has 0 unspecified atom stereocenters. The minimum Gasteiger partial charge on any atom is -0.394 e. The third kappa shape index (κ3) is 2.80. The first-order valence-electron chi connectivity index (χ1n) is 5.58. The number of halogens is 1. The number of aromatic nitrogens is 2. The first-order valence-corrected chi connectivity index (χ1v) is 6.77. The normalized spacial score (nSPS) is 12.1. The summed E-state index contributed by atoms with van der Waals surface area (Å²) >= 11 is 7.31. The Hall–Kier alpha value is -0.990. The van der Waals surface area contributed by atoms with E-state index in [1.165, 1.54) is 11.3 Å². The minimum atomic E-state index is -1.25. The molecular formula is C11H14ClN3O3S. The number of hydrogen-bond acceptors (Lipinski definition) is 7. The zero-order valence-corrected chi connectivity index (χ0v) is 11.8. The largest absolute Gasteiger partial charge is 0.394 e. The maximum Gasteiger partial charge on any atom is 0.225 e. The molecule has 0 spiro atoms. The highest BCUT2D eigenvalue weighted by Crippen LogP contribution is 2.30. The third-order valence-electron chi connectivity index (χ3n) is 2.78. The molecule has 2 aromatic rings. The number of hydrogen-bond donors (Lipinski definition) is 4. The van der Waals surface area contributed by atoms with Gasteiger partial charge in [0.15, 0.2) is 0 Å². The van der Waals surface area contributed by atoms with Crippen LogP contribution in [0.1, 0.15) is 4.88 Å². The highest BCUT2D eigenvalue weighted by atomic mass is 35.5. The van der Waals surface area contributed by atoms with Crippen molar-refractivity contribution < 1.29 is 15.3 Å². The number of aliphatic hydroxyl groups is 3. The maximum absolute atomic E-state index is 9.33. The van der Waals surface area contributed by atoms with Crippen molar-refractivity contribution in [3.05, 3.63) is 16.2 Å². The summed E-state index contributed by atoms with van der Waals surface area (Å²) in [6.07, 6.45) is 0. The van der Waals surface area contributed by atoms with Gasteiger partial charge in [0.2, 0.25) is 5.28 Å². The molecule has 0 amide bonds. The number of aliphatic hydroxyl groups excluding tert-OH is 3. The molecule has 104 valence electrons. The number of aryl methyl sites for hydroxylation is 1. The number of nitrogens with one attached hydrogen (secondary N) is 1. The van der Waals surface area contributed by atoms with Crippen LogP contribution >= 0.6 is 22.9 Å². The quantitative estimate of drug-likeness (QED) is 0.609. The maximum atomic E-state index is 9.33. The second-order valence-electron chi connectivity index (χ2n) is 4.30. The van der Waals surface area contributed by atoms with E-state index in [0.717, 1.165) is 10.3 Å². The predicted octanol–water partition coefficient (Wildman–Crippen LogP) is 0.781. The van der Waals surface area contributed by atoms with Gasteiger partial charge in [0.25, 0.3) is 0 Å². The molecule has 0 aliphatic rings. The Labute approximate surface area is 118 Å². The number of nitrogens with zero attached hydrogens (tertiary/aromatic N) is 2. The molecule has 0 aromatic carbocycles. The van der Waals surface area contributed by atoms with Crippen LogP contribution < -0.4 is 5.32 Å². The Morgan fingerprint density at radius 2 is 1.89 bits per heavy atom. The van der Waals surface area contributed by atoms with Crippen LogP contribution in [-0.4, -0.2) is 50.6 Å². The van der Waals surface area contributed by atoms with E-state index >= 15 is 0 Å². The lowest BCUT2D eigenvalue weighted by molar-refractivity contribution is 0.0832. The molecular weight excluding hydrogens is 290 g/mol. The molecule has 2 rings (SSSR count). The van der Waals surface area contributed by atoms with E-state index in [9.17, 15) is 15.3 Å². The molecule has 0 saturated heterocycles. The summed E-state index contributed by atoms with van der Waals surface area (Å²) in [6.45, 7) is 0.617. The molecule has 0 fully saturated rings. The number of fused-ring (bicyclic) bond motifs is 1. The number of anilines is 1. The molecule has 2 heterocycles. The fourth-order valence-electron chi connectivity index (χ4n) is 1.63. The Morgan fingerprint density at radius 1 is 1.26 bits per heavy atom. The molecule has 4 N–H and O–H groups in total. The summed E-state index contributed by atoms with van der Waals surface area (Å²) in [7, 11) is 0. The van der Waals surface area contributed by atoms with Gasteiger partial charge >= 0.3 is 0 Å². The highest BCUT2D eigenvalue weighted by Gasteiger charge is 2.29. The van der Waals surface area contributed by atoms with Gasteiger partial charge in [-0.2, -0.15) is 0 Å². The fraction of sp³-hybridized carbons (Fsp3) is 0.455. The smallest absolute Gasteiger partial charge is 0.225 e. The molecule has 8 heteroatoms. The van der Waals surface area contributed by atoms with Crippen LogP contribution in [0.15, 0.2) is 6.07 Å². The van der Waals surface area contributed by atoms with E-state index < -0.39 is 25.4 Å². The van der Waals surface area contributed by atoms with Gasteiger partial charge in [-0.05, 0) is 24.6 Å². The van der Waals surface area contributed by atoms with Crippen molar-refractivity contribution in [2.45, 2.75) is 12.5 Å². The van der Waals surface area contributed by atoms with Gasteiger partial charge in [0.05, 0.1) is 25.2 Å². The number of rotatable bonds is 5. The highest BCUT2D eigenvalue weighted by molar-refractivity contribution is 7.18. The average Bonchev–Trinajstić information content (AvgIpc) is 2.76. The Bertz CT molecular complexity index is 578. The molecule has 0 aliphatic carbocycles. The topological polar surface area (TPSA) is 98.5 Å². The van der Waals surface area contributed by atoms with Crippen molar-refractivity contribution >= 4 is 39.0 Å². The summed E-state index contributed by atoms with van der Waals surface area (Å²) < 4.78 is 0. The molecule has 0 saturated carbocycles. The van der Waals surface area contributed by atoms with Crippen molar-refractivity contribution in [1.29, 1.82) is 0 Å². The van der Waals surface area contributed by atoms with Gasteiger partial charge in [0.1, 0.15) is 16.2 Å². The summed E-state index contributed by atoms with van der Waals surface area (Å²) in [5.74, 6) is 0.386. The average molecular weight is 304 g/mol. The fourth-order valence-corrected chi connectivity index (χ4v) is 2.73. The van der Waals surface area contributed by atoms with Crippen LogP contribution in [0, 0.1) is 6.92 Å². The number of thiophene rings is 1. The lowest BCUT2D eigenvalue weighted by Gasteiger charge is -2.29. The van der Waals surface area contributed by atoms with Crippen LogP contribution in [0.4, 0.5) is 5.82 Å². The molecule has 2 aromatic heterocycles. The molecule has 0 bridgehead atoms. The zero-order valence-electron chi connectivity index (χ0n) is 10.2. The van der Waals surface area contributed by atoms with E-state index in [2.05, 4.69) is 15.3 Å². The lowest BCUT2D eigenvalue weighted by atomic mass is 10.0. The molecule has 0 atom stereocenters. The summed E-state index contributed by atoms with van der Waals surface area (Å²) in [6, 6.07) is 1.88. The van der Waals surface area contributed by atoms with Crippen molar-refractivity contribution in [2.24, 2.45) is 0 Å². The SMILES string of the molecule is Cc1cc2c(NC(CO)(CO)CO)nc(Cl)nc2s1. The van der Waals surface area contributed by atoms with E-state index in [0.29, 0.717) is 10.6 Å². The molecule has 0 aliphatic heterocycles. The van der Waals surface area contributed by atoms with Crippen LogP contribution in [0.2, 0.25) is 5.28 Å². The van der Waals surface area contributed by atoms with Gasteiger partial charge in [-0.15, -0.1) is 11.3 Å². The Kier molecular flexibility index (Phi) is 4.22. The first-order chi connectivity index (χ1) is 9.03. The molecule has 0 radical (unpaired) electrons. The Balaban J connectivity index is 2.49. The van der Waals surface area contributed by atoms with Crippen molar-refractivity contribution in [1.82, 2.24) is 9.97 Å². The predicted molar refractivity (Wildman–Crippen MR) is 74.8 cm³/mol. The first kappa shape index (κ1) is 14.4. The second-order valence-corrected chi connectivity index (χ2v) is 5.87. The zero-order chi connectivity index (χ0) is 14.0. The van der Waals surface area contributed by atoms with Crippen LogP contribution in [-0.2, 0) is 0 Å². The summed E-state index contributed by atoms with van der Waals surface area (Å²) in [4.78, 5) is 9.92. The van der Waals surface area contributed by atoms with E-state index in [4.69, 9.17) is 11.6 Å². The standard InChI is InChI=1S/C11H14ClN3O3S/c1-6-2-7-8(13-10(12)14-9(7)19-6)15-11(3-16,4-17)5-18/h2,16-18H,3-5H2,1H3,(H,13,14,15). The van der Waals surface area contributed by atoms with E-state index in [1.807, 2.05) is 13.0 Å². The van der Waals surface area contributed by atoms with Gasteiger partial charge in [-0.25, -0.2) is 9.97 Å². The van der Waals surface area contributed by atoms with Crippen LogP contribution in [0.25, 0.3) is 10.2 Å². The van der Waals surface area contributed by atoms with E-state index in [1.54, 1.807) is 0 Å². The van der Waals surface area contributed by atoms with Gasteiger partial charge in [-0.3, -0.25) is 0 Å². The molecule has 6 nitrogen and oxygen atoms in total. The van der Waals surface area contributed by atoms with Crippen LogP contribution in [0.5, 0.6) is 0 Å². The second kappa shape index (κ2) is 5.56. The van der Waals surface area contributed by atoms with Crippen molar-refractivity contribution in [3.63, 3.8) is 0 Å². The summed E-state index contributed by atoms with van der Waals surface area (Å²) in [5, 5.41) is 31.7. The summed E-state index contributed by atoms with van der Waals surface area (Å²) in [5.41, 5.74) is -1.25. The van der Waals surface area contributed by atoms with Gasteiger partial charge < -0.3 is 20.6 Å². The third-order valence-corrected chi connectivity index (χ3v) is 3.89. The monoisotopic (exact) mass is 303 g/mol. The Morgan fingerprint density at radius 3 is 2.47 bits per heavy atom. The van der Waals surface area contributed by atoms with Crippen molar-refractivity contribution in [2.75, 3.05) is 25.1 Å². The van der Waals surface area contributed by atoms with Gasteiger partial charge in [-0.1, -0.05) is 0 Å². The lowest BCUT2D eigenvalue weighted by Crippen LogP contribution is -2.49. The van der Waals surface area contributed by atoms with Crippen LogP contribution in [0.3, 0.4) is 0 Å². The van der Waals surface area contributed by atoms with Gasteiger partial charge in [0, 0.05) is 4.88 Å². The van der Waals surface area contributed by atoms with E-state index in [-0.39, 0.29) is 5.28 Å².